The van der Waals surface area contributed by atoms with E-state index < -0.39 is 0 Å². The Morgan fingerprint density at radius 1 is 1.30 bits per heavy atom. The Morgan fingerprint density at radius 3 is 2.70 bits per heavy atom. The van der Waals surface area contributed by atoms with E-state index in [9.17, 15) is 4.79 Å². The third-order valence-corrected chi connectivity index (χ3v) is 3.22. The molecule has 2 heterocycles. The van der Waals surface area contributed by atoms with Crippen molar-refractivity contribution in [3.05, 3.63) is 18.2 Å². The molecule has 1 fully saturated rings. The molecule has 0 unspecified atom stereocenters. The number of hydrogen-bond acceptors (Lipinski definition) is 5. The van der Waals surface area contributed by atoms with Gasteiger partial charge in [0.25, 0.3) is 0 Å². The summed E-state index contributed by atoms with van der Waals surface area (Å²) >= 11 is 0. The predicted octanol–water partition coefficient (Wildman–Crippen LogP) is 1.79. The fourth-order valence-corrected chi connectivity index (χ4v) is 2.21. The van der Waals surface area contributed by atoms with Gasteiger partial charge in [-0.15, -0.1) is 0 Å². The van der Waals surface area contributed by atoms with Gasteiger partial charge in [-0.1, -0.05) is 6.07 Å². The van der Waals surface area contributed by atoms with E-state index in [1.54, 1.807) is 4.90 Å². The molecule has 0 spiro atoms. The van der Waals surface area contributed by atoms with E-state index in [1.807, 2.05) is 32.0 Å². The van der Waals surface area contributed by atoms with Crippen LogP contribution in [-0.4, -0.2) is 55.3 Å². The van der Waals surface area contributed by atoms with E-state index in [2.05, 4.69) is 15.2 Å². The Hall–Kier alpha value is -1.98. The maximum absolute atomic E-state index is 11.6. The number of nitrogens with one attached hydrogen (secondary N) is 1. The Kier molecular flexibility index (Phi) is 5.03. The van der Waals surface area contributed by atoms with Crippen LogP contribution in [0.4, 0.5) is 16.4 Å². The van der Waals surface area contributed by atoms with Crippen molar-refractivity contribution in [1.29, 1.82) is 0 Å². The van der Waals surface area contributed by atoms with Crippen LogP contribution in [0.5, 0.6) is 0 Å². The Balaban J connectivity index is 1.93. The zero-order valence-corrected chi connectivity index (χ0v) is 12.1. The molecule has 6 nitrogen and oxygen atoms in total. The highest BCUT2D eigenvalue weighted by atomic mass is 16.6. The molecule has 0 saturated carbocycles. The third kappa shape index (κ3) is 3.53. The third-order valence-electron chi connectivity index (χ3n) is 3.22. The second kappa shape index (κ2) is 6.98. The summed E-state index contributed by atoms with van der Waals surface area (Å²) in [7, 11) is 0. The molecule has 1 saturated heterocycles. The van der Waals surface area contributed by atoms with Crippen molar-refractivity contribution in [3.63, 3.8) is 0 Å². The first-order valence-electron chi connectivity index (χ1n) is 7.12. The topological polar surface area (TPSA) is 57.7 Å². The smallest absolute Gasteiger partial charge is 0.409 e. The van der Waals surface area contributed by atoms with Gasteiger partial charge in [0.05, 0.1) is 6.61 Å². The van der Waals surface area contributed by atoms with Gasteiger partial charge in [-0.05, 0) is 26.0 Å². The number of carbonyl (C=O) groups excluding carboxylic acids is 1. The van der Waals surface area contributed by atoms with Crippen LogP contribution in [-0.2, 0) is 4.74 Å². The van der Waals surface area contributed by atoms with E-state index in [1.165, 1.54) is 0 Å². The van der Waals surface area contributed by atoms with Gasteiger partial charge in [-0.3, -0.25) is 0 Å². The van der Waals surface area contributed by atoms with Crippen LogP contribution in [0.2, 0.25) is 0 Å². The molecule has 1 aliphatic heterocycles. The number of amides is 1. The van der Waals surface area contributed by atoms with Crippen LogP contribution in [0.1, 0.15) is 13.8 Å². The largest absolute Gasteiger partial charge is 0.450 e. The summed E-state index contributed by atoms with van der Waals surface area (Å²) in [6, 6.07) is 5.96. The predicted molar refractivity (Wildman–Crippen MR) is 79.2 cm³/mol. The van der Waals surface area contributed by atoms with E-state index >= 15 is 0 Å². The number of ether oxygens (including phenoxy) is 1. The van der Waals surface area contributed by atoms with E-state index in [0.717, 1.165) is 31.3 Å². The molecule has 1 N–H and O–H groups in total. The number of pyridine rings is 1. The van der Waals surface area contributed by atoms with Gasteiger partial charge in [0, 0.05) is 32.7 Å². The second-order valence-electron chi connectivity index (χ2n) is 4.58. The van der Waals surface area contributed by atoms with Crippen molar-refractivity contribution >= 4 is 17.7 Å². The standard InChI is InChI=1S/C14H22N4O2/c1-3-15-12-6-5-7-13(16-12)17-8-10-18(11-9-17)14(19)20-4-2/h5-7H,3-4,8-11H2,1-2H3,(H,15,16). The molecule has 1 amide bonds. The lowest BCUT2D eigenvalue weighted by atomic mass is 10.3. The number of hydrogen-bond donors (Lipinski definition) is 1. The first-order valence-corrected chi connectivity index (χ1v) is 7.12. The Labute approximate surface area is 119 Å². The lowest BCUT2D eigenvalue weighted by molar-refractivity contribution is 0.105. The number of carbonyl (C=O) groups is 1. The minimum atomic E-state index is -0.221. The van der Waals surface area contributed by atoms with Crippen LogP contribution >= 0.6 is 0 Å². The molecule has 2 rings (SSSR count). The monoisotopic (exact) mass is 278 g/mol. The highest BCUT2D eigenvalue weighted by Gasteiger charge is 2.22. The minimum absolute atomic E-state index is 0.221. The normalized spacial score (nSPS) is 15.1. The molecular weight excluding hydrogens is 256 g/mol. The molecule has 0 radical (unpaired) electrons. The fourth-order valence-electron chi connectivity index (χ4n) is 2.21. The average molecular weight is 278 g/mol. The van der Waals surface area contributed by atoms with Crippen LogP contribution in [0, 0.1) is 0 Å². The first-order chi connectivity index (χ1) is 9.74. The number of nitrogens with zero attached hydrogens (tertiary/aromatic N) is 3. The number of anilines is 2. The quantitative estimate of drug-likeness (QED) is 0.910. The van der Waals surface area contributed by atoms with Gasteiger partial charge in [0.1, 0.15) is 11.6 Å². The van der Waals surface area contributed by atoms with Gasteiger partial charge >= 0.3 is 6.09 Å². The van der Waals surface area contributed by atoms with Crippen molar-refractivity contribution in [2.24, 2.45) is 0 Å². The molecule has 1 aromatic heterocycles. The molecule has 0 aromatic carbocycles. The van der Waals surface area contributed by atoms with Crippen LogP contribution in [0.3, 0.4) is 0 Å². The summed E-state index contributed by atoms with van der Waals surface area (Å²) in [5, 5.41) is 3.21. The summed E-state index contributed by atoms with van der Waals surface area (Å²) in [4.78, 5) is 20.1. The van der Waals surface area contributed by atoms with Gasteiger partial charge in [0.15, 0.2) is 0 Å². The lowest BCUT2D eigenvalue weighted by Gasteiger charge is -2.34. The Morgan fingerprint density at radius 2 is 2.05 bits per heavy atom. The molecule has 0 bridgehead atoms. The highest BCUT2D eigenvalue weighted by Crippen LogP contribution is 2.16. The summed E-state index contributed by atoms with van der Waals surface area (Å²) in [5.74, 6) is 1.84. The molecule has 0 aliphatic carbocycles. The summed E-state index contributed by atoms with van der Waals surface area (Å²) in [6.45, 7) is 8.05. The molecule has 1 aromatic rings. The molecule has 0 atom stereocenters. The average Bonchev–Trinajstić information content (AvgIpc) is 2.48. The highest BCUT2D eigenvalue weighted by molar-refractivity contribution is 5.68. The minimum Gasteiger partial charge on any atom is -0.450 e. The van der Waals surface area contributed by atoms with E-state index in [4.69, 9.17) is 4.74 Å². The maximum Gasteiger partial charge on any atom is 0.409 e. The molecule has 110 valence electrons. The van der Waals surface area contributed by atoms with Crippen LogP contribution < -0.4 is 10.2 Å². The van der Waals surface area contributed by atoms with Gasteiger partial charge in [0.2, 0.25) is 0 Å². The zero-order valence-electron chi connectivity index (χ0n) is 12.1. The lowest BCUT2D eigenvalue weighted by Crippen LogP contribution is -2.49. The number of aromatic nitrogens is 1. The van der Waals surface area contributed by atoms with Crippen LogP contribution in [0.15, 0.2) is 18.2 Å². The summed E-state index contributed by atoms with van der Waals surface area (Å²) in [5.41, 5.74) is 0. The van der Waals surface area contributed by atoms with E-state index in [0.29, 0.717) is 19.7 Å². The fraction of sp³-hybridized carbons (Fsp3) is 0.571. The van der Waals surface area contributed by atoms with Gasteiger partial charge in [-0.25, -0.2) is 9.78 Å². The van der Waals surface area contributed by atoms with Crippen molar-refractivity contribution in [2.75, 3.05) is 49.5 Å². The maximum atomic E-state index is 11.6. The molecule has 6 heteroatoms. The van der Waals surface area contributed by atoms with Crippen molar-refractivity contribution in [3.8, 4) is 0 Å². The van der Waals surface area contributed by atoms with Gasteiger partial charge < -0.3 is 19.9 Å². The Bertz CT molecular complexity index is 445. The first kappa shape index (κ1) is 14.4. The van der Waals surface area contributed by atoms with Crippen molar-refractivity contribution in [2.45, 2.75) is 13.8 Å². The van der Waals surface area contributed by atoms with E-state index in [-0.39, 0.29) is 6.09 Å². The molecule has 20 heavy (non-hydrogen) atoms. The molecular formula is C14H22N4O2. The summed E-state index contributed by atoms with van der Waals surface area (Å²) < 4.78 is 5.02. The summed E-state index contributed by atoms with van der Waals surface area (Å²) in [6.07, 6.45) is -0.221. The zero-order chi connectivity index (χ0) is 14.4. The number of rotatable bonds is 4. The van der Waals surface area contributed by atoms with Crippen molar-refractivity contribution < 1.29 is 9.53 Å². The second-order valence-corrected chi connectivity index (χ2v) is 4.58. The van der Waals surface area contributed by atoms with Crippen molar-refractivity contribution in [1.82, 2.24) is 9.88 Å². The number of piperazine rings is 1. The molecule has 1 aliphatic rings. The van der Waals surface area contributed by atoms with Gasteiger partial charge in [-0.2, -0.15) is 0 Å². The van der Waals surface area contributed by atoms with Crippen LogP contribution in [0.25, 0.3) is 0 Å². The SMILES string of the molecule is CCNc1cccc(N2CCN(C(=O)OCC)CC2)n1.